The zero-order valence-corrected chi connectivity index (χ0v) is 9.21. The minimum absolute atomic E-state index is 0.0998. The molecule has 0 radical (unpaired) electrons. The Balaban J connectivity index is 1.98. The summed E-state index contributed by atoms with van der Waals surface area (Å²) >= 11 is 0. The van der Waals surface area contributed by atoms with E-state index in [2.05, 4.69) is 15.6 Å². The molecule has 6 nitrogen and oxygen atoms in total. The molecule has 1 aromatic carbocycles. The fourth-order valence-corrected chi connectivity index (χ4v) is 1.36. The summed E-state index contributed by atoms with van der Waals surface area (Å²) in [6, 6.07) is 5.55. The molecular formula is C11H9FN4O2. The van der Waals surface area contributed by atoms with E-state index >= 15 is 0 Å². The molecule has 0 aliphatic heterocycles. The third-order valence-corrected chi connectivity index (χ3v) is 2.09. The van der Waals surface area contributed by atoms with Gasteiger partial charge in [-0.1, -0.05) is 11.3 Å². The van der Waals surface area contributed by atoms with Gasteiger partial charge in [0.1, 0.15) is 18.1 Å². The number of carbonyl (C=O) groups is 2. The van der Waals surface area contributed by atoms with E-state index in [0.29, 0.717) is 12.0 Å². The van der Waals surface area contributed by atoms with Crippen LogP contribution < -0.4 is 5.32 Å². The minimum atomic E-state index is -0.434. The molecule has 0 bridgehead atoms. The second-order valence-electron chi connectivity index (χ2n) is 3.52. The topological polar surface area (TPSA) is 76.9 Å². The van der Waals surface area contributed by atoms with Crippen molar-refractivity contribution >= 4 is 17.9 Å². The number of hydrogen-bond acceptors (Lipinski definition) is 4. The van der Waals surface area contributed by atoms with Crippen molar-refractivity contribution in [2.75, 3.05) is 5.32 Å². The lowest BCUT2D eigenvalue weighted by molar-refractivity contribution is -0.116. The Kier molecular flexibility index (Phi) is 3.42. The fraction of sp³-hybridized carbons (Fsp3) is 0.0909. The number of anilines is 1. The van der Waals surface area contributed by atoms with E-state index in [9.17, 15) is 14.0 Å². The molecule has 1 amide bonds. The molecule has 1 N–H and O–H groups in total. The molecule has 7 heteroatoms. The maximum Gasteiger partial charge on any atom is 0.246 e. The first-order chi connectivity index (χ1) is 8.67. The van der Waals surface area contributed by atoms with Crippen molar-refractivity contribution in [3.8, 4) is 0 Å². The van der Waals surface area contributed by atoms with Gasteiger partial charge in [0.25, 0.3) is 0 Å². The number of nitrogens with one attached hydrogen (secondary N) is 1. The third kappa shape index (κ3) is 2.97. The maximum absolute atomic E-state index is 12.9. The average Bonchev–Trinajstić information content (AvgIpc) is 2.76. The zero-order chi connectivity index (χ0) is 13.0. The summed E-state index contributed by atoms with van der Waals surface area (Å²) in [5.41, 5.74) is 0.504. The molecule has 1 heterocycles. The largest absolute Gasteiger partial charge is 0.324 e. The van der Waals surface area contributed by atoms with Crippen LogP contribution in [0.2, 0.25) is 0 Å². The Labute approximate surface area is 101 Å². The van der Waals surface area contributed by atoms with Gasteiger partial charge in [-0.15, -0.1) is 5.10 Å². The Hall–Kier alpha value is -2.57. The molecule has 92 valence electrons. The third-order valence-electron chi connectivity index (χ3n) is 2.09. The number of aldehydes is 1. The van der Waals surface area contributed by atoms with Crippen LogP contribution in [0.15, 0.2) is 30.5 Å². The number of carbonyl (C=O) groups excluding carboxylic acids is 2. The smallest absolute Gasteiger partial charge is 0.246 e. The number of halogens is 1. The molecular weight excluding hydrogens is 239 g/mol. The Bertz CT molecular complexity index is 582. The van der Waals surface area contributed by atoms with Crippen molar-refractivity contribution in [2.24, 2.45) is 0 Å². The van der Waals surface area contributed by atoms with Gasteiger partial charge in [0.15, 0.2) is 6.29 Å². The Morgan fingerprint density at radius 1 is 1.50 bits per heavy atom. The molecule has 0 saturated carbocycles. The van der Waals surface area contributed by atoms with Crippen LogP contribution in [0.1, 0.15) is 10.5 Å². The van der Waals surface area contributed by atoms with Gasteiger partial charge >= 0.3 is 0 Å². The fourth-order valence-electron chi connectivity index (χ4n) is 1.36. The van der Waals surface area contributed by atoms with E-state index in [0.717, 1.165) is 0 Å². The number of hydrogen-bond donors (Lipinski definition) is 1. The van der Waals surface area contributed by atoms with Gasteiger partial charge in [-0.2, -0.15) is 0 Å². The highest BCUT2D eigenvalue weighted by Crippen LogP contribution is 2.08. The predicted molar refractivity (Wildman–Crippen MR) is 60.4 cm³/mol. The number of benzene rings is 1. The van der Waals surface area contributed by atoms with Gasteiger partial charge in [0, 0.05) is 5.69 Å². The van der Waals surface area contributed by atoms with Gasteiger partial charge < -0.3 is 5.32 Å². The molecule has 18 heavy (non-hydrogen) atoms. The van der Waals surface area contributed by atoms with Crippen LogP contribution in [-0.2, 0) is 11.3 Å². The Morgan fingerprint density at radius 2 is 2.33 bits per heavy atom. The number of nitrogens with zero attached hydrogens (tertiary/aromatic N) is 3. The summed E-state index contributed by atoms with van der Waals surface area (Å²) in [6.07, 6.45) is 1.88. The highest BCUT2D eigenvalue weighted by molar-refractivity contribution is 5.90. The van der Waals surface area contributed by atoms with Crippen LogP contribution in [0.25, 0.3) is 0 Å². The van der Waals surface area contributed by atoms with Crippen LogP contribution in [0.5, 0.6) is 0 Å². The molecule has 0 atom stereocenters. The van der Waals surface area contributed by atoms with E-state index < -0.39 is 5.82 Å². The van der Waals surface area contributed by atoms with Crippen LogP contribution in [-0.4, -0.2) is 27.2 Å². The van der Waals surface area contributed by atoms with Gasteiger partial charge in [0.2, 0.25) is 5.91 Å². The average molecular weight is 248 g/mol. The van der Waals surface area contributed by atoms with Crippen LogP contribution in [0.4, 0.5) is 10.1 Å². The molecule has 1 aromatic heterocycles. The number of aromatic nitrogens is 3. The number of amides is 1. The highest BCUT2D eigenvalue weighted by atomic mass is 19.1. The lowest BCUT2D eigenvalue weighted by Gasteiger charge is -2.04. The first kappa shape index (κ1) is 11.9. The van der Waals surface area contributed by atoms with Crippen LogP contribution in [0, 0.1) is 5.82 Å². The normalized spacial score (nSPS) is 10.1. The van der Waals surface area contributed by atoms with Crippen molar-refractivity contribution in [2.45, 2.75) is 6.54 Å². The molecule has 0 aliphatic rings. The molecule has 0 unspecified atom stereocenters. The van der Waals surface area contributed by atoms with Crippen molar-refractivity contribution in [1.29, 1.82) is 0 Å². The summed E-state index contributed by atoms with van der Waals surface area (Å²) in [4.78, 5) is 22.0. The summed E-state index contributed by atoms with van der Waals surface area (Å²) < 4.78 is 14.1. The minimum Gasteiger partial charge on any atom is -0.324 e. The summed E-state index contributed by atoms with van der Waals surface area (Å²) in [6.45, 7) is -0.0998. The first-order valence-electron chi connectivity index (χ1n) is 5.08. The second kappa shape index (κ2) is 5.17. The molecule has 2 aromatic rings. The van der Waals surface area contributed by atoms with Gasteiger partial charge in [-0.05, 0) is 18.2 Å². The molecule has 0 spiro atoms. The summed E-state index contributed by atoms with van der Waals surface area (Å²) in [5, 5.41) is 9.60. The first-order valence-corrected chi connectivity index (χ1v) is 5.08. The lowest BCUT2D eigenvalue weighted by Crippen LogP contribution is -2.19. The Morgan fingerprint density at radius 3 is 3.00 bits per heavy atom. The lowest BCUT2D eigenvalue weighted by atomic mass is 10.3. The van der Waals surface area contributed by atoms with E-state index in [-0.39, 0.29) is 18.1 Å². The number of rotatable bonds is 4. The van der Waals surface area contributed by atoms with E-state index in [1.54, 1.807) is 6.07 Å². The SMILES string of the molecule is O=Cc1cn(CC(=O)Nc2cccc(F)c2)nn1. The van der Waals surface area contributed by atoms with Gasteiger partial charge in [0.05, 0.1) is 6.20 Å². The van der Waals surface area contributed by atoms with Crippen LogP contribution in [0.3, 0.4) is 0 Å². The van der Waals surface area contributed by atoms with Crippen molar-refractivity contribution in [3.63, 3.8) is 0 Å². The summed E-state index contributed by atoms with van der Waals surface area (Å²) in [7, 11) is 0. The molecule has 0 aliphatic carbocycles. The monoisotopic (exact) mass is 248 g/mol. The van der Waals surface area contributed by atoms with E-state index in [1.807, 2.05) is 0 Å². The predicted octanol–water partition coefficient (Wildman–Crippen LogP) is 0.868. The molecule has 0 saturated heterocycles. The van der Waals surface area contributed by atoms with Gasteiger partial charge in [-0.3, -0.25) is 9.59 Å². The molecule has 0 fully saturated rings. The quantitative estimate of drug-likeness (QED) is 0.814. The van der Waals surface area contributed by atoms with E-state index in [4.69, 9.17) is 0 Å². The summed E-state index contributed by atoms with van der Waals surface area (Å²) in [5.74, 6) is -0.820. The highest BCUT2D eigenvalue weighted by Gasteiger charge is 2.06. The van der Waals surface area contributed by atoms with E-state index in [1.165, 1.54) is 29.1 Å². The van der Waals surface area contributed by atoms with Crippen molar-refractivity contribution in [1.82, 2.24) is 15.0 Å². The standard InChI is InChI=1S/C11H9FN4O2/c12-8-2-1-3-9(4-8)13-11(18)6-16-5-10(7-17)14-15-16/h1-5,7H,6H2,(H,13,18). The maximum atomic E-state index is 12.9. The van der Waals surface area contributed by atoms with Crippen molar-refractivity contribution < 1.29 is 14.0 Å². The van der Waals surface area contributed by atoms with Crippen LogP contribution >= 0.6 is 0 Å². The zero-order valence-electron chi connectivity index (χ0n) is 9.21. The molecule has 2 rings (SSSR count). The second-order valence-corrected chi connectivity index (χ2v) is 3.52. The van der Waals surface area contributed by atoms with Crippen molar-refractivity contribution in [3.05, 3.63) is 42.0 Å². The van der Waals surface area contributed by atoms with Gasteiger partial charge in [-0.25, -0.2) is 9.07 Å².